The van der Waals surface area contributed by atoms with Gasteiger partial charge in [0, 0.05) is 12.6 Å². The predicted octanol–water partition coefficient (Wildman–Crippen LogP) is 0.0181. The average Bonchev–Trinajstić information content (AvgIpc) is 3.70. The number of nitrogens with two attached hydrogens (primary N) is 2. The van der Waals surface area contributed by atoms with Crippen LogP contribution in [-0.2, 0) is 46.7 Å². The van der Waals surface area contributed by atoms with Gasteiger partial charge in [0.05, 0.1) is 36.5 Å². The summed E-state index contributed by atoms with van der Waals surface area (Å²) < 4.78 is 32.9. The first-order valence-corrected chi connectivity index (χ1v) is 17.9. The number of nitrogens with one attached hydrogen (secondary N) is 1. The number of aromatic amines is 1. The normalized spacial score (nSPS) is 35.7. The summed E-state index contributed by atoms with van der Waals surface area (Å²) in [7, 11) is 0. The van der Waals surface area contributed by atoms with Crippen LogP contribution in [-0.4, -0.2) is 86.5 Å². The van der Waals surface area contributed by atoms with Crippen molar-refractivity contribution in [3.8, 4) is 0 Å². The lowest BCUT2D eigenvalue weighted by atomic mass is 10.2. The summed E-state index contributed by atoms with van der Waals surface area (Å²) in [4.78, 5) is 49.6. The highest BCUT2D eigenvalue weighted by molar-refractivity contribution is 8.09. The van der Waals surface area contributed by atoms with Gasteiger partial charge in [-0.1, -0.05) is 5.21 Å². The highest BCUT2D eigenvalue weighted by Gasteiger charge is 2.49. The first-order valence-electron chi connectivity index (χ1n) is 12.6. The van der Waals surface area contributed by atoms with Crippen molar-refractivity contribution in [1.82, 2.24) is 39.5 Å². The van der Waals surface area contributed by atoms with E-state index in [1.165, 1.54) is 11.0 Å². The van der Waals surface area contributed by atoms with Crippen LogP contribution in [0.4, 0.5) is 11.8 Å². The van der Waals surface area contributed by atoms with Gasteiger partial charge in [0.2, 0.25) is 5.95 Å². The Balaban J connectivity index is 1.21. The van der Waals surface area contributed by atoms with Gasteiger partial charge in [-0.15, -0.1) is 5.10 Å². The molecule has 7 heterocycles. The van der Waals surface area contributed by atoms with E-state index in [0.29, 0.717) is 16.9 Å². The number of ether oxygens (including phenoxy) is 2. The van der Waals surface area contributed by atoms with Crippen molar-refractivity contribution >= 4 is 70.8 Å². The van der Waals surface area contributed by atoms with E-state index in [1.807, 2.05) is 0 Å². The third kappa shape index (κ3) is 4.95. The minimum Gasteiger partial charge on any atom is -0.383 e. The summed E-state index contributed by atoms with van der Waals surface area (Å²) in [5.41, 5.74) is 10.8. The highest BCUT2D eigenvalue weighted by Crippen LogP contribution is 2.59. The van der Waals surface area contributed by atoms with Crippen LogP contribution >= 0.6 is 13.2 Å². The smallest absolute Gasteiger partial charge is 0.324 e. The molecule has 7 rings (SSSR count). The molecule has 0 spiro atoms. The van der Waals surface area contributed by atoms with E-state index in [1.54, 1.807) is 16.8 Å². The molecule has 3 saturated heterocycles. The van der Waals surface area contributed by atoms with Crippen LogP contribution in [0.2, 0.25) is 0 Å². The second kappa shape index (κ2) is 10.3. The Labute approximate surface area is 245 Å². The number of rotatable bonds is 2. The third-order valence-electron chi connectivity index (χ3n) is 7.33. The van der Waals surface area contributed by atoms with Crippen LogP contribution in [0.25, 0.3) is 22.2 Å². The molecule has 4 aromatic heterocycles. The lowest BCUT2D eigenvalue weighted by Gasteiger charge is -2.29. The zero-order valence-electron chi connectivity index (χ0n) is 21.4. The molecule has 0 amide bonds. The maximum Gasteiger partial charge on any atom is 0.324 e. The molecule has 2 bridgehead atoms. The Morgan fingerprint density at radius 2 is 1.90 bits per heavy atom. The molecule has 0 radical (unpaired) electrons. The molecule has 7 N–H and O–H groups in total. The van der Waals surface area contributed by atoms with Gasteiger partial charge < -0.3 is 48.9 Å². The topological polar surface area (TPSA) is 246 Å². The summed E-state index contributed by atoms with van der Waals surface area (Å²) >= 11 is 11.0. The molecule has 18 nitrogen and oxygen atoms in total. The Hall–Kier alpha value is -2.48. The lowest BCUT2D eigenvalue weighted by molar-refractivity contribution is -0.0379. The minimum absolute atomic E-state index is 0.0353. The summed E-state index contributed by atoms with van der Waals surface area (Å²) in [5, 5.41) is 8.57. The van der Waals surface area contributed by atoms with Gasteiger partial charge in [-0.2, -0.15) is 9.67 Å². The number of nitrogens with zero attached hydrogens (tertiary/aromatic N) is 7. The molecule has 3 aliphatic heterocycles. The van der Waals surface area contributed by atoms with Crippen LogP contribution in [0.5, 0.6) is 0 Å². The van der Waals surface area contributed by atoms with Gasteiger partial charge in [0.25, 0.3) is 5.56 Å². The largest absolute Gasteiger partial charge is 0.383 e. The van der Waals surface area contributed by atoms with Crippen molar-refractivity contribution in [2.45, 2.75) is 49.3 Å². The molecular formula is C20H24N10O8P2S2. The van der Waals surface area contributed by atoms with E-state index in [4.69, 9.17) is 58.1 Å². The maximum atomic E-state index is 12.3. The first-order chi connectivity index (χ1) is 20.0. The fraction of sp³-hybridized carbons (Fsp3) is 0.500. The SMILES string of the molecule is Nc1nc2c(nnn2[C@@H]2O[C@@H]3COP(O)(=S)O[C@H]4C[C@H](n5ccc6c(N)ncnc65)O[C@@H]4COP(O)(=S)[C@@H]2C3)c(=O)[nH]1. The number of H-pyrrole nitrogens is 1. The van der Waals surface area contributed by atoms with E-state index >= 15 is 0 Å². The summed E-state index contributed by atoms with van der Waals surface area (Å²) in [6.07, 6.45) is -0.417. The van der Waals surface area contributed by atoms with Gasteiger partial charge >= 0.3 is 6.72 Å². The fourth-order valence-electron chi connectivity index (χ4n) is 5.39. The molecule has 0 saturated carbocycles. The van der Waals surface area contributed by atoms with E-state index in [9.17, 15) is 14.6 Å². The Morgan fingerprint density at radius 3 is 2.74 bits per heavy atom. The molecule has 8 atom stereocenters. The van der Waals surface area contributed by atoms with Crippen molar-refractivity contribution in [3.63, 3.8) is 0 Å². The number of fused-ring (bicyclic) bond motifs is 5. The van der Waals surface area contributed by atoms with Gasteiger partial charge in [-0.3, -0.25) is 9.78 Å². The number of aromatic nitrogens is 8. The average molecular weight is 659 g/mol. The number of hydrogen-bond donors (Lipinski definition) is 5. The first kappa shape index (κ1) is 28.3. The molecule has 2 unspecified atom stereocenters. The molecule has 3 aliphatic rings. The summed E-state index contributed by atoms with van der Waals surface area (Å²) in [6.45, 7) is -7.82. The van der Waals surface area contributed by atoms with E-state index in [-0.39, 0.29) is 43.2 Å². The zero-order valence-corrected chi connectivity index (χ0v) is 24.8. The molecule has 42 heavy (non-hydrogen) atoms. The molecule has 224 valence electrons. The minimum atomic E-state index is -3.79. The van der Waals surface area contributed by atoms with E-state index < -0.39 is 55.2 Å². The predicted molar refractivity (Wildman–Crippen MR) is 153 cm³/mol. The molecule has 4 aromatic rings. The second-order valence-electron chi connectivity index (χ2n) is 9.96. The summed E-state index contributed by atoms with van der Waals surface area (Å²) in [6, 6.07) is 1.77. The third-order valence-corrected chi connectivity index (χ3v) is 11.9. The quantitative estimate of drug-likeness (QED) is 0.178. The Kier molecular flexibility index (Phi) is 6.95. The highest BCUT2D eigenvalue weighted by atomic mass is 32.5. The molecular weight excluding hydrogens is 634 g/mol. The summed E-state index contributed by atoms with van der Waals surface area (Å²) in [5.74, 6) is 0.162. The Bertz CT molecular complexity index is 1850. The van der Waals surface area contributed by atoms with Crippen LogP contribution < -0.4 is 17.0 Å². The van der Waals surface area contributed by atoms with Crippen LogP contribution in [0.3, 0.4) is 0 Å². The molecule has 0 aliphatic carbocycles. The monoisotopic (exact) mass is 658 g/mol. The molecule has 22 heteroatoms. The van der Waals surface area contributed by atoms with Crippen LogP contribution in [0.1, 0.15) is 25.3 Å². The van der Waals surface area contributed by atoms with E-state index in [0.717, 1.165) is 0 Å². The van der Waals surface area contributed by atoms with Crippen LogP contribution in [0.15, 0.2) is 23.4 Å². The lowest BCUT2D eigenvalue weighted by Crippen LogP contribution is -2.30. The van der Waals surface area contributed by atoms with Gasteiger partial charge in [-0.25, -0.2) is 9.97 Å². The molecule has 3 fully saturated rings. The fourth-order valence-corrected chi connectivity index (χ4v) is 9.21. The van der Waals surface area contributed by atoms with Crippen molar-refractivity contribution < 1.29 is 32.8 Å². The van der Waals surface area contributed by atoms with Crippen molar-refractivity contribution in [2.24, 2.45) is 0 Å². The Morgan fingerprint density at radius 1 is 1.07 bits per heavy atom. The van der Waals surface area contributed by atoms with Gasteiger partial charge in [0.15, 0.2) is 23.9 Å². The number of nitrogen functional groups attached to an aromatic ring is 2. The van der Waals surface area contributed by atoms with Gasteiger partial charge in [0.1, 0.15) is 30.1 Å². The number of hydrogen-bond acceptors (Lipinski definition) is 15. The zero-order chi connectivity index (χ0) is 29.4. The second-order valence-corrected chi connectivity index (χ2v) is 16.4. The van der Waals surface area contributed by atoms with Crippen molar-refractivity contribution in [1.29, 1.82) is 0 Å². The maximum absolute atomic E-state index is 12.3. The van der Waals surface area contributed by atoms with Crippen molar-refractivity contribution in [2.75, 3.05) is 24.7 Å². The van der Waals surface area contributed by atoms with E-state index in [2.05, 4.69) is 30.2 Å². The standard InChI is InChI=1S/C20H24N10O8P2S2/c21-15-9-1-2-29(16(9)24-7-23-15)13-4-10-11(37-13)6-34-39(32,41)12-3-8(5-35-40(33,42)38-10)36-19(12)30-17-14(27-28-30)18(31)26-20(22)25-17/h1-2,7-8,10-13,19H,3-6H2,(H,32,41)(H,33,42)(H2,21,23,24)(H3,22,25,26,31)/t8-,10-,11+,12+,13+,19+,39?,40?/m0/s1. The number of anilines is 2. The van der Waals surface area contributed by atoms with Crippen molar-refractivity contribution in [3.05, 3.63) is 28.9 Å². The van der Waals surface area contributed by atoms with Gasteiger partial charge in [-0.05, 0) is 36.1 Å². The molecule has 0 aromatic carbocycles. The van der Waals surface area contributed by atoms with Crippen LogP contribution in [0, 0.1) is 0 Å².